The van der Waals surface area contributed by atoms with Crippen LogP contribution in [0.25, 0.3) is 0 Å². The number of rotatable bonds is 5. The first-order valence-corrected chi connectivity index (χ1v) is 6.08. The number of hydrazine groups is 1. The van der Waals surface area contributed by atoms with Crippen molar-refractivity contribution in [2.75, 3.05) is 13.7 Å². The van der Waals surface area contributed by atoms with Gasteiger partial charge in [0.05, 0.1) is 23.7 Å². The number of methoxy groups -OCH3 is 1. The number of benzene rings is 1. The van der Waals surface area contributed by atoms with E-state index in [-0.39, 0.29) is 22.7 Å². The normalized spacial score (nSPS) is 10.3. The number of hydrogen-bond donors (Lipinski definition) is 4. The highest BCUT2D eigenvalue weighted by atomic mass is 32.1. The standard InChI is InChI=1S/C11H14N4O4S/c1-3-12-11(20)14-13-6-7-4-8(15(17)18)5-9(19-2)10(7)16/h4-6,16H,3H2,1-2H3,(H2,12,14,20)/p+1/b13-6+. The van der Waals surface area contributed by atoms with Crippen molar-refractivity contribution in [2.45, 2.75) is 6.92 Å². The molecule has 0 saturated heterocycles. The van der Waals surface area contributed by atoms with Gasteiger partial charge >= 0.3 is 0 Å². The van der Waals surface area contributed by atoms with Gasteiger partial charge in [0.1, 0.15) is 0 Å². The van der Waals surface area contributed by atoms with E-state index in [1.54, 1.807) is 0 Å². The summed E-state index contributed by atoms with van der Waals surface area (Å²) in [6.07, 6.45) is 1.34. The molecule has 1 aromatic carbocycles. The van der Waals surface area contributed by atoms with Gasteiger partial charge in [-0.15, -0.1) is 10.5 Å². The molecule has 0 radical (unpaired) electrons. The van der Waals surface area contributed by atoms with Gasteiger partial charge in [0.25, 0.3) is 5.69 Å². The third-order valence-electron chi connectivity index (χ3n) is 2.27. The van der Waals surface area contributed by atoms with Gasteiger partial charge in [-0.3, -0.25) is 10.1 Å². The van der Waals surface area contributed by atoms with Gasteiger partial charge in [-0.25, -0.2) is 0 Å². The van der Waals surface area contributed by atoms with Gasteiger partial charge in [0.15, 0.2) is 11.5 Å². The second kappa shape index (κ2) is 7.24. The van der Waals surface area contributed by atoms with E-state index < -0.39 is 4.92 Å². The molecule has 0 heterocycles. The molecule has 9 heteroatoms. The van der Waals surface area contributed by atoms with Crippen LogP contribution >= 0.6 is 12.2 Å². The molecule has 0 bridgehead atoms. The summed E-state index contributed by atoms with van der Waals surface area (Å²) >= 11 is 4.92. The van der Waals surface area contributed by atoms with Gasteiger partial charge in [-0.2, -0.15) is 0 Å². The van der Waals surface area contributed by atoms with Crippen molar-refractivity contribution in [1.29, 1.82) is 0 Å². The predicted molar refractivity (Wildman–Crippen MR) is 76.9 cm³/mol. The lowest BCUT2D eigenvalue weighted by Crippen LogP contribution is -2.82. The zero-order valence-corrected chi connectivity index (χ0v) is 11.8. The van der Waals surface area contributed by atoms with Crippen molar-refractivity contribution in [3.8, 4) is 11.5 Å². The molecule has 0 saturated carbocycles. The molecule has 0 aliphatic rings. The molecule has 0 fully saturated rings. The summed E-state index contributed by atoms with van der Waals surface area (Å²) in [5.74, 6) is -0.191. The van der Waals surface area contributed by atoms with E-state index in [2.05, 4.69) is 15.8 Å². The topological polar surface area (TPSA) is 111 Å². The Kier molecular flexibility index (Phi) is 5.66. The van der Waals surface area contributed by atoms with Gasteiger partial charge in [-0.1, -0.05) is 0 Å². The number of nitrogens with zero attached hydrogens (tertiary/aromatic N) is 1. The molecule has 0 unspecified atom stereocenters. The predicted octanol–water partition coefficient (Wildman–Crippen LogP) is -0.792. The summed E-state index contributed by atoms with van der Waals surface area (Å²) in [5, 5.41) is 26.5. The number of non-ortho nitro benzene ring substituents is 1. The number of nitro groups is 1. The maximum absolute atomic E-state index is 10.8. The summed E-state index contributed by atoms with van der Waals surface area (Å²) in [4.78, 5) is 10.2. The van der Waals surface area contributed by atoms with E-state index in [0.29, 0.717) is 11.7 Å². The second-order valence-corrected chi connectivity index (χ2v) is 4.02. The Morgan fingerprint density at radius 1 is 1.65 bits per heavy atom. The Balaban J connectivity index is 2.98. The van der Waals surface area contributed by atoms with Gasteiger partial charge < -0.3 is 15.2 Å². The van der Waals surface area contributed by atoms with Gasteiger partial charge in [-0.05, 0) is 19.1 Å². The number of thiocarbonyl (C=S) groups is 1. The van der Waals surface area contributed by atoms with E-state index in [4.69, 9.17) is 17.0 Å². The number of phenolic OH excluding ortho intramolecular Hbond substituents is 1. The van der Waals surface area contributed by atoms with Gasteiger partial charge in [0.2, 0.25) is 11.3 Å². The van der Waals surface area contributed by atoms with Crippen LogP contribution < -0.4 is 20.6 Å². The lowest BCUT2D eigenvalue weighted by molar-refractivity contribution is -0.500. The van der Waals surface area contributed by atoms with Crippen molar-refractivity contribution in [3.05, 3.63) is 27.8 Å². The van der Waals surface area contributed by atoms with Crippen LogP contribution in [0.2, 0.25) is 0 Å². The summed E-state index contributed by atoms with van der Waals surface area (Å²) in [6, 6.07) is 2.35. The summed E-state index contributed by atoms with van der Waals surface area (Å²) in [5.41, 5.74) is 2.64. The van der Waals surface area contributed by atoms with Crippen molar-refractivity contribution >= 4 is 29.2 Å². The molecule has 0 amide bonds. The zero-order valence-electron chi connectivity index (χ0n) is 11.0. The van der Waals surface area contributed by atoms with Crippen LogP contribution in [0.3, 0.4) is 0 Å². The number of ether oxygens (including phenoxy) is 1. The molecule has 1 aromatic rings. The molecule has 8 nitrogen and oxygen atoms in total. The molecule has 1 rings (SSSR count). The molecular weight excluding hydrogens is 284 g/mol. The highest BCUT2D eigenvalue weighted by molar-refractivity contribution is 7.80. The van der Waals surface area contributed by atoms with E-state index in [1.807, 2.05) is 6.92 Å². The lowest BCUT2D eigenvalue weighted by atomic mass is 10.2. The molecular formula is C11H15N4O4S+. The third kappa shape index (κ3) is 4.05. The minimum Gasteiger partial charge on any atom is -0.504 e. The Labute approximate surface area is 120 Å². The van der Waals surface area contributed by atoms with Crippen LogP contribution in [0, 0.1) is 10.1 Å². The van der Waals surface area contributed by atoms with E-state index in [9.17, 15) is 15.2 Å². The quantitative estimate of drug-likeness (QED) is 0.244. The van der Waals surface area contributed by atoms with Crippen LogP contribution in [-0.4, -0.2) is 35.0 Å². The second-order valence-electron chi connectivity index (χ2n) is 3.62. The minimum absolute atomic E-state index is 0.0153. The Bertz CT molecular complexity index is 547. The highest BCUT2D eigenvalue weighted by Crippen LogP contribution is 2.32. The van der Waals surface area contributed by atoms with Crippen LogP contribution in [0.15, 0.2) is 12.1 Å². The maximum Gasteiger partial charge on any atom is 0.274 e. The number of hydrazone groups is 1. The largest absolute Gasteiger partial charge is 0.504 e. The van der Waals surface area contributed by atoms with Crippen molar-refractivity contribution < 1.29 is 19.9 Å². The van der Waals surface area contributed by atoms with Crippen molar-refractivity contribution in [3.63, 3.8) is 0 Å². The SMILES string of the molecule is CCNC(=S)N/[NH+]=C/c1cc([N+](=O)[O-])cc(OC)c1O. The number of hydrogen-bond acceptors (Lipinski definition) is 5. The van der Waals surface area contributed by atoms with Crippen molar-refractivity contribution in [1.82, 2.24) is 10.7 Å². The Morgan fingerprint density at radius 2 is 2.35 bits per heavy atom. The van der Waals surface area contributed by atoms with Gasteiger partial charge in [0, 0.05) is 12.6 Å². The zero-order chi connectivity index (χ0) is 15.1. The first-order valence-electron chi connectivity index (χ1n) is 5.67. The van der Waals surface area contributed by atoms with Crippen LogP contribution in [0.4, 0.5) is 5.69 Å². The molecule has 108 valence electrons. The summed E-state index contributed by atoms with van der Waals surface area (Å²) < 4.78 is 4.88. The van der Waals surface area contributed by atoms with E-state index in [0.717, 1.165) is 6.07 Å². The molecule has 0 aliphatic carbocycles. The maximum atomic E-state index is 10.8. The molecule has 0 spiro atoms. The van der Waals surface area contributed by atoms with Crippen LogP contribution in [-0.2, 0) is 0 Å². The molecule has 0 atom stereocenters. The van der Waals surface area contributed by atoms with E-state index in [1.165, 1.54) is 19.4 Å². The smallest absolute Gasteiger partial charge is 0.274 e. The molecule has 20 heavy (non-hydrogen) atoms. The summed E-state index contributed by atoms with van der Waals surface area (Å²) in [6.45, 7) is 2.54. The average Bonchev–Trinajstić information content (AvgIpc) is 2.40. The highest BCUT2D eigenvalue weighted by Gasteiger charge is 2.17. The first-order chi connectivity index (χ1) is 9.49. The number of nitro benzene ring substituents is 1. The first kappa shape index (κ1) is 15.6. The molecule has 0 aromatic heterocycles. The van der Waals surface area contributed by atoms with E-state index >= 15 is 0 Å². The number of aromatic hydroxyl groups is 1. The average molecular weight is 299 g/mol. The number of nitrogens with one attached hydrogen (secondary N) is 3. The fourth-order valence-corrected chi connectivity index (χ4v) is 1.57. The monoisotopic (exact) mass is 299 g/mol. The van der Waals surface area contributed by atoms with Crippen LogP contribution in [0.5, 0.6) is 11.5 Å². The third-order valence-corrected chi connectivity index (χ3v) is 2.52. The Hall–Kier alpha value is -2.42. The molecule has 0 aliphatic heterocycles. The van der Waals surface area contributed by atoms with Crippen molar-refractivity contribution in [2.24, 2.45) is 0 Å². The Morgan fingerprint density at radius 3 is 2.90 bits per heavy atom. The number of phenols is 1. The summed E-state index contributed by atoms with van der Waals surface area (Å²) in [7, 11) is 1.31. The fraction of sp³-hybridized carbons (Fsp3) is 0.273. The molecule has 4 N–H and O–H groups in total. The van der Waals surface area contributed by atoms with Crippen LogP contribution in [0.1, 0.15) is 12.5 Å². The minimum atomic E-state index is -0.573. The fourth-order valence-electron chi connectivity index (χ4n) is 1.37. The lowest BCUT2D eigenvalue weighted by Gasteiger charge is -2.04.